The van der Waals surface area contributed by atoms with Gasteiger partial charge >= 0.3 is 5.97 Å². The summed E-state index contributed by atoms with van der Waals surface area (Å²) in [5.41, 5.74) is -0.726. The largest absolute Gasteiger partial charge is 0.481 e. The van der Waals surface area contributed by atoms with Gasteiger partial charge in [0, 0.05) is 13.1 Å². The molecule has 0 saturated carbocycles. The minimum Gasteiger partial charge on any atom is -0.481 e. The van der Waals surface area contributed by atoms with Gasteiger partial charge < -0.3 is 10.0 Å². The number of nitrogens with zero attached hydrogens (tertiary/aromatic N) is 1. The van der Waals surface area contributed by atoms with Crippen LogP contribution in [0.1, 0.15) is 40.0 Å². The normalized spacial score (nSPS) is 24.3. The van der Waals surface area contributed by atoms with Gasteiger partial charge in [-0.2, -0.15) is 0 Å². The van der Waals surface area contributed by atoms with E-state index in [1.54, 1.807) is 16.7 Å². The van der Waals surface area contributed by atoms with Gasteiger partial charge in [0.15, 0.2) is 0 Å². The highest BCUT2D eigenvalue weighted by atomic mass is 32.2. The molecule has 1 atom stereocenters. The van der Waals surface area contributed by atoms with Gasteiger partial charge in [-0.3, -0.25) is 9.59 Å². The number of thioether (sulfide) groups is 1. The van der Waals surface area contributed by atoms with Gasteiger partial charge in [-0.15, -0.1) is 11.8 Å². The molecular formula is C13H23NO3S. The van der Waals surface area contributed by atoms with Crippen molar-refractivity contribution in [2.24, 2.45) is 5.41 Å². The van der Waals surface area contributed by atoms with Gasteiger partial charge in [0.1, 0.15) is 0 Å². The summed E-state index contributed by atoms with van der Waals surface area (Å²) < 4.78 is 0. The SMILES string of the molecule is CCC1(C(=O)O)CCCN(C(=O)CSC(C)C)C1. The number of piperidine rings is 1. The Morgan fingerprint density at radius 1 is 1.44 bits per heavy atom. The Morgan fingerprint density at radius 2 is 2.11 bits per heavy atom. The summed E-state index contributed by atoms with van der Waals surface area (Å²) in [6.45, 7) is 7.08. The third kappa shape index (κ3) is 3.64. The second-order valence-corrected chi connectivity index (χ2v) is 6.78. The van der Waals surface area contributed by atoms with Crippen molar-refractivity contribution in [3.05, 3.63) is 0 Å². The molecule has 0 spiro atoms. The lowest BCUT2D eigenvalue weighted by Crippen LogP contribution is -2.50. The maximum Gasteiger partial charge on any atom is 0.311 e. The molecule has 0 aliphatic carbocycles. The summed E-state index contributed by atoms with van der Waals surface area (Å²) in [5, 5.41) is 9.79. The van der Waals surface area contributed by atoms with Crippen LogP contribution in [-0.4, -0.2) is 46.0 Å². The molecular weight excluding hydrogens is 250 g/mol. The summed E-state index contributed by atoms with van der Waals surface area (Å²) in [6.07, 6.45) is 2.06. The molecule has 4 nitrogen and oxygen atoms in total. The third-order valence-electron chi connectivity index (χ3n) is 3.60. The van der Waals surface area contributed by atoms with E-state index in [0.717, 1.165) is 6.42 Å². The fourth-order valence-electron chi connectivity index (χ4n) is 2.29. The number of carboxylic acids is 1. The molecule has 1 fully saturated rings. The number of aliphatic carboxylic acids is 1. The van der Waals surface area contributed by atoms with Crippen LogP contribution in [0, 0.1) is 5.41 Å². The predicted molar refractivity (Wildman–Crippen MR) is 73.8 cm³/mol. The number of carboxylic acid groups (broad SMARTS) is 1. The number of carbonyl (C=O) groups is 2. The fraction of sp³-hybridized carbons (Fsp3) is 0.846. The second kappa shape index (κ2) is 6.45. The molecule has 1 aliphatic heterocycles. The van der Waals surface area contributed by atoms with Crippen molar-refractivity contribution in [1.29, 1.82) is 0 Å². The van der Waals surface area contributed by atoms with Crippen LogP contribution < -0.4 is 0 Å². The molecule has 5 heteroatoms. The van der Waals surface area contributed by atoms with E-state index >= 15 is 0 Å². The Bertz CT molecular complexity index is 319. The smallest absolute Gasteiger partial charge is 0.311 e. The van der Waals surface area contributed by atoms with E-state index in [1.807, 2.05) is 6.92 Å². The lowest BCUT2D eigenvalue weighted by atomic mass is 9.77. The number of carbonyl (C=O) groups excluding carboxylic acids is 1. The molecule has 1 N–H and O–H groups in total. The molecule has 0 aromatic heterocycles. The summed E-state index contributed by atoms with van der Waals surface area (Å²) in [5.74, 6) is -0.233. The van der Waals surface area contributed by atoms with Crippen molar-refractivity contribution in [2.75, 3.05) is 18.8 Å². The van der Waals surface area contributed by atoms with Gasteiger partial charge in [0.2, 0.25) is 5.91 Å². The first-order valence-electron chi connectivity index (χ1n) is 6.54. The molecule has 18 heavy (non-hydrogen) atoms. The van der Waals surface area contributed by atoms with E-state index in [-0.39, 0.29) is 5.91 Å². The minimum atomic E-state index is -0.765. The van der Waals surface area contributed by atoms with Crippen LogP contribution in [0.4, 0.5) is 0 Å². The maximum atomic E-state index is 12.0. The molecule has 1 unspecified atom stereocenters. The molecule has 0 aromatic carbocycles. The molecule has 1 amide bonds. The average molecular weight is 273 g/mol. The minimum absolute atomic E-state index is 0.0764. The number of hydrogen-bond acceptors (Lipinski definition) is 3. The monoisotopic (exact) mass is 273 g/mol. The van der Waals surface area contributed by atoms with Crippen LogP contribution in [0.3, 0.4) is 0 Å². The fourth-order valence-corrected chi connectivity index (χ4v) is 2.95. The first-order chi connectivity index (χ1) is 8.41. The molecule has 1 saturated heterocycles. The van der Waals surface area contributed by atoms with Gasteiger partial charge in [0.25, 0.3) is 0 Å². The number of likely N-dealkylation sites (tertiary alicyclic amines) is 1. The van der Waals surface area contributed by atoms with Crippen LogP contribution in [0.2, 0.25) is 0 Å². The van der Waals surface area contributed by atoms with Crippen molar-refractivity contribution < 1.29 is 14.7 Å². The van der Waals surface area contributed by atoms with E-state index in [2.05, 4.69) is 13.8 Å². The molecule has 1 aliphatic rings. The first kappa shape index (κ1) is 15.3. The second-order valence-electron chi connectivity index (χ2n) is 5.22. The zero-order valence-electron chi connectivity index (χ0n) is 11.4. The summed E-state index contributed by atoms with van der Waals surface area (Å²) in [4.78, 5) is 25.2. The topological polar surface area (TPSA) is 57.6 Å². The van der Waals surface area contributed by atoms with Crippen LogP contribution in [0.5, 0.6) is 0 Å². The summed E-state index contributed by atoms with van der Waals surface area (Å²) in [7, 11) is 0. The first-order valence-corrected chi connectivity index (χ1v) is 7.59. The Labute approximate surface area is 113 Å². The van der Waals surface area contributed by atoms with Crippen molar-refractivity contribution in [1.82, 2.24) is 4.90 Å². The maximum absolute atomic E-state index is 12.0. The van der Waals surface area contributed by atoms with Crippen LogP contribution in [-0.2, 0) is 9.59 Å². The molecule has 0 aromatic rings. The van der Waals surface area contributed by atoms with E-state index in [1.165, 1.54) is 0 Å². The average Bonchev–Trinajstić information content (AvgIpc) is 2.35. The summed E-state index contributed by atoms with van der Waals surface area (Å²) >= 11 is 1.61. The highest BCUT2D eigenvalue weighted by molar-refractivity contribution is 8.00. The Kier molecular flexibility index (Phi) is 5.50. The van der Waals surface area contributed by atoms with E-state index < -0.39 is 11.4 Å². The molecule has 0 radical (unpaired) electrons. The summed E-state index contributed by atoms with van der Waals surface area (Å²) in [6, 6.07) is 0. The van der Waals surface area contributed by atoms with Crippen molar-refractivity contribution in [3.63, 3.8) is 0 Å². The Balaban J connectivity index is 2.63. The van der Waals surface area contributed by atoms with Gasteiger partial charge in [-0.25, -0.2) is 0 Å². The van der Waals surface area contributed by atoms with Crippen molar-refractivity contribution >= 4 is 23.6 Å². The van der Waals surface area contributed by atoms with Crippen LogP contribution in [0.15, 0.2) is 0 Å². The number of hydrogen-bond donors (Lipinski definition) is 1. The Hall–Kier alpha value is -0.710. The van der Waals surface area contributed by atoms with Crippen LogP contribution >= 0.6 is 11.8 Å². The number of amides is 1. The van der Waals surface area contributed by atoms with Crippen LogP contribution in [0.25, 0.3) is 0 Å². The highest BCUT2D eigenvalue weighted by Gasteiger charge is 2.41. The predicted octanol–water partition coefficient (Wildman–Crippen LogP) is 2.23. The van der Waals surface area contributed by atoms with Gasteiger partial charge in [0.05, 0.1) is 11.2 Å². The molecule has 0 bridgehead atoms. The van der Waals surface area contributed by atoms with E-state index in [4.69, 9.17) is 0 Å². The van der Waals surface area contributed by atoms with E-state index in [0.29, 0.717) is 36.9 Å². The van der Waals surface area contributed by atoms with Crippen molar-refractivity contribution in [3.8, 4) is 0 Å². The molecule has 104 valence electrons. The number of rotatable bonds is 5. The van der Waals surface area contributed by atoms with Crippen molar-refractivity contribution in [2.45, 2.75) is 45.3 Å². The lowest BCUT2D eigenvalue weighted by molar-refractivity contribution is -0.154. The zero-order chi connectivity index (χ0) is 13.8. The Morgan fingerprint density at radius 3 is 2.61 bits per heavy atom. The quantitative estimate of drug-likeness (QED) is 0.834. The van der Waals surface area contributed by atoms with Gasteiger partial charge in [-0.05, 0) is 24.5 Å². The van der Waals surface area contributed by atoms with Gasteiger partial charge in [-0.1, -0.05) is 20.8 Å². The third-order valence-corrected chi connectivity index (χ3v) is 4.68. The van der Waals surface area contributed by atoms with E-state index in [9.17, 15) is 14.7 Å². The molecule has 1 rings (SSSR count). The lowest BCUT2D eigenvalue weighted by Gasteiger charge is -2.39. The molecule has 1 heterocycles. The highest BCUT2D eigenvalue weighted by Crippen LogP contribution is 2.33. The standard InChI is InChI=1S/C13H23NO3S/c1-4-13(12(16)17)6-5-7-14(9-13)11(15)8-18-10(2)3/h10H,4-9H2,1-3H3,(H,16,17). The zero-order valence-corrected chi connectivity index (χ0v) is 12.3.